The molecule has 1 fully saturated rings. The monoisotopic (exact) mass is 318 g/mol. The molecule has 1 aromatic carbocycles. The Morgan fingerprint density at radius 1 is 1.35 bits per heavy atom. The first-order chi connectivity index (χ1) is 9.25. The average molecular weight is 319 g/mol. The van der Waals surface area contributed by atoms with Crippen molar-refractivity contribution in [1.82, 2.24) is 10.2 Å². The fourth-order valence-corrected chi connectivity index (χ4v) is 2.55. The molecule has 20 heavy (non-hydrogen) atoms. The maximum atomic E-state index is 13.5. The van der Waals surface area contributed by atoms with E-state index in [0.29, 0.717) is 13.1 Å². The Kier molecular flexibility index (Phi) is 3.93. The lowest BCUT2D eigenvalue weighted by Crippen LogP contribution is -2.63. The van der Waals surface area contributed by atoms with Crippen molar-refractivity contribution in [3.05, 3.63) is 33.6 Å². The molecule has 0 bridgehead atoms. The van der Waals surface area contributed by atoms with Crippen LogP contribution in [-0.4, -0.2) is 35.3 Å². The van der Waals surface area contributed by atoms with Gasteiger partial charge in [0.05, 0.1) is 15.6 Å². The Morgan fingerprint density at radius 2 is 2.00 bits per heavy atom. The summed E-state index contributed by atoms with van der Waals surface area (Å²) in [5.41, 5.74) is -1.02. The molecule has 0 atom stereocenters. The third-order valence-corrected chi connectivity index (χ3v) is 3.94. The van der Waals surface area contributed by atoms with E-state index in [1.165, 1.54) is 11.0 Å². The number of nitrogens with one attached hydrogen (secondary N) is 1. The second-order valence-electron chi connectivity index (χ2n) is 5.02. The van der Waals surface area contributed by atoms with Crippen molar-refractivity contribution in [2.24, 2.45) is 0 Å². The van der Waals surface area contributed by atoms with E-state index in [1.54, 1.807) is 13.8 Å². The zero-order valence-corrected chi connectivity index (χ0v) is 12.5. The summed E-state index contributed by atoms with van der Waals surface area (Å²) in [4.78, 5) is 25.7. The van der Waals surface area contributed by atoms with Gasteiger partial charge >= 0.3 is 0 Å². The van der Waals surface area contributed by atoms with Crippen LogP contribution in [0, 0.1) is 5.82 Å². The minimum absolute atomic E-state index is 0.00339. The summed E-state index contributed by atoms with van der Waals surface area (Å²) >= 11 is 11.6. The van der Waals surface area contributed by atoms with Crippen LogP contribution in [0.25, 0.3) is 0 Å². The Labute approximate surface area is 125 Å². The van der Waals surface area contributed by atoms with E-state index in [0.717, 1.165) is 6.07 Å². The molecule has 2 rings (SSSR count). The summed E-state index contributed by atoms with van der Waals surface area (Å²) in [7, 11) is 0. The molecule has 1 aromatic rings. The Morgan fingerprint density at radius 3 is 2.65 bits per heavy atom. The largest absolute Gasteiger partial charge is 0.352 e. The molecule has 108 valence electrons. The number of rotatable bonds is 1. The number of carbonyl (C=O) groups excluding carboxylic acids is 2. The van der Waals surface area contributed by atoms with E-state index in [2.05, 4.69) is 5.32 Å². The number of nitrogens with zero attached hydrogens (tertiary/aromatic N) is 1. The first-order valence-electron chi connectivity index (χ1n) is 6.00. The molecule has 0 saturated carbocycles. The predicted octanol–water partition coefficient (Wildman–Crippen LogP) is 2.48. The third kappa shape index (κ3) is 2.47. The summed E-state index contributed by atoms with van der Waals surface area (Å²) in [6, 6.07) is 2.18. The molecular formula is C13H13Cl2FN2O2. The second-order valence-corrected chi connectivity index (χ2v) is 5.83. The highest BCUT2D eigenvalue weighted by molar-refractivity contribution is 6.36. The maximum Gasteiger partial charge on any atom is 0.256 e. The van der Waals surface area contributed by atoms with Crippen molar-refractivity contribution in [1.29, 1.82) is 0 Å². The lowest BCUT2D eigenvalue weighted by molar-refractivity contribution is -0.133. The molecule has 1 heterocycles. The van der Waals surface area contributed by atoms with Crippen molar-refractivity contribution < 1.29 is 14.0 Å². The molecular weight excluding hydrogens is 306 g/mol. The fraction of sp³-hybridized carbons (Fsp3) is 0.385. The molecule has 1 aliphatic rings. The zero-order chi connectivity index (χ0) is 15.1. The first-order valence-corrected chi connectivity index (χ1v) is 6.75. The number of hydrogen-bond acceptors (Lipinski definition) is 2. The number of benzene rings is 1. The van der Waals surface area contributed by atoms with Gasteiger partial charge in [-0.15, -0.1) is 0 Å². The molecule has 1 saturated heterocycles. The van der Waals surface area contributed by atoms with Crippen LogP contribution in [0.5, 0.6) is 0 Å². The van der Waals surface area contributed by atoms with E-state index >= 15 is 0 Å². The van der Waals surface area contributed by atoms with Gasteiger partial charge in [0.15, 0.2) is 0 Å². The lowest BCUT2D eigenvalue weighted by Gasteiger charge is -2.41. The first kappa shape index (κ1) is 15.1. The minimum Gasteiger partial charge on any atom is -0.352 e. The van der Waals surface area contributed by atoms with Gasteiger partial charge in [0.1, 0.15) is 11.4 Å². The van der Waals surface area contributed by atoms with Crippen LogP contribution >= 0.6 is 23.2 Å². The Balaban J connectivity index is 2.41. The van der Waals surface area contributed by atoms with Gasteiger partial charge < -0.3 is 10.2 Å². The Bertz CT molecular complexity index is 590. The van der Waals surface area contributed by atoms with Crippen LogP contribution in [0.1, 0.15) is 24.2 Å². The molecule has 2 amide bonds. The van der Waals surface area contributed by atoms with Crippen LogP contribution < -0.4 is 5.32 Å². The van der Waals surface area contributed by atoms with Gasteiger partial charge in [-0.2, -0.15) is 0 Å². The highest BCUT2D eigenvalue weighted by Gasteiger charge is 2.41. The van der Waals surface area contributed by atoms with Crippen LogP contribution in [-0.2, 0) is 4.79 Å². The van der Waals surface area contributed by atoms with Crippen LogP contribution in [0.3, 0.4) is 0 Å². The number of hydrogen-bond donors (Lipinski definition) is 1. The lowest BCUT2D eigenvalue weighted by atomic mass is 9.97. The molecule has 0 aliphatic carbocycles. The molecule has 0 unspecified atom stereocenters. The summed E-state index contributed by atoms with van der Waals surface area (Å²) in [6.45, 7) is 3.93. The second kappa shape index (κ2) is 5.22. The van der Waals surface area contributed by atoms with Gasteiger partial charge in [0.25, 0.3) is 5.91 Å². The summed E-state index contributed by atoms with van der Waals surface area (Å²) in [5.74, 6) is -1.48. The van der Waals surface area contributed by atoms with E-state index in [4.69, 9.17) is 23.2 Å². The fourth-order valence-electron chi connectivity index (χ4n) is 2.09. The predicted molar refractivity (Wildman–Crippen MR) is 74.5 cm³/mol. The van der Waals surface area contributed by atoms with E-state index in [9.17, 15) is 14.0 Å². The molecule has 0 aromatic heterocycles. The minimum atomic E-state index is -1.02. The van der Waals surface area contributed by atoms with Gasteiger partial charge in [0.2, 0.25) is 5.91 Å². The number of halogens is 3. The van der Waals surface area contributed by atoms with Crippen molar-refractivity contribution in [3.63, 3.8) is 0 Å². The third-order valence-electron chi connectivity index (χ3n) is 3.34. The average Bonchev–Trinajstić information content (AvgIpc) is 2.36. The smallest absolute Gasteiger partial charge is 0.256 e. The maximum absolute atomic E-state index is 13.5. The van der Waals surface area contributed by atoms with Gasteiger partial charge in [-0.3, -0.25) is 9.59 Å². The number of carbonyl (C=O) groups is 2. The van der Waals surface area contributed by atoms with E-state index in [-0.39, 0.29) is 21.5 Å². The van der Waals surface area contributed by atoms with Crippen molar-refractivity contribution >= 4 is 35.0 Å². The SMILES string of the molecule is CC1(C)C(=O)NCCN1C(=O)c1cc(F)c(Cl)cc1Cl. The van der Waals surface area contributed by atoms with Crippen LogP contribution in [0.15, 0.2) is 12.1 Å². The number of piperazine rings is 1. The van der Waals surface area contributed by atoms with Gasteiger partial charge in [-0.25, -0.2) is 4.39 Å². The van der Waals surface area contributed by atoms with Gasteiger partial charge in [-0.05, 0) is 26.0 Å². The molecule has 1 aliphatic heterocycles. The molecule has 7 heteroatoms. The van der Waals surface area contributed by atoms with Gasteiger partial charge in [-0.1, -0.05) is 23.2 Å². The summed E-state index contributed by atoms with van der Waals surface area (Å²) in [6.07, 6.45) is 0. The summed E-state index contributed by atoms with van der Waals surface area (Å²) in [5, 5.41) is 2.59. The topological polar surface area (TPSA) is 49.4 Å². The Hall–Kier alpha value is -1.33. The van der Waals surface area contributed by atoms with Gasteiger partial charge in [0, 0.05) is 13.1 Å². The van der Waals surface area contributed by atoms with E-state index in [1.807, 2.05) is 0 Å². The zero-order valence-electron chi connectivity index (χ0n) is 11.0. The standard InChI is InChI=1S/C13H13Cl2FN2O2/c1-13(2)12(20)17-3-4-18(13)11(19)7-5-10(16)9(15)6-8(7)14/h5-6H,3-4H2,1-2H3,(H,17,20). The van der Waals surface area contributed by atoms with E-state index < -0.39 is 17.3 Å². The van der Waals surface area contributed by atoms with Crippen molar-refractivity contribution in [2.45, 2.75) is 19.4 Å². The normalized spacial score (nSPS) is 17.9. The highest BCUT2D eigenvalue weighted by Crippen LogP contribution is 2.28. The van der Waals surface area contributed by atoms with Crippen LogP contribution in [0.2, 0.25) is 10.0 Å². The molecule has 0 spiro atoms. The highest BCUT2D eigenvalue weighted by atomic mass is 35.5. The number of amides is 2. The molecule has 4 nitrogen and oxygen atoms in total. The molecule has 0 radical (unpaired) electrons. The van der Waals surface area contributed by atoms with Crippen molar-refractivity contribution in [3.8, 4) is 0 Å². The summed E-state index contributed by atoms with van der Waals surface area (Å²) < 4.78 is 13.5. The van der Waals surface area contributed by atoms with Crippen LogP contribution in [0.4, 0.5) is 4.39 Å². The molecule has 1 N–H and O–H groups in total. The van der Waals surface area contributed by atoms with Crippen molar-refractivity contribution in [2.75, 3.05) is 13.1 Å². The quantitative estimate of drug-likeness (QED) is 0.809.